The predicted molar refractivity (Wildman–Crippen MR) is 64.2 cm³/mol. The van der Waals surface area contributed by atoms with Crippen LogP contribution in [-0.4, -0.2) is 0 Å². The van der Waals surface area contributed by atoms with Crippen LogP contribution in [0.3, 0.4) is 0 Å². The van der Waals surface area contributed by atoms with E-state index in [1.807, 2.05) is 0 Å². The normalized spacial score (nSPS) is 16.6. The quantitative estimate of drug-likeness (QED) is 0.601. The lowest BCUT2D eigenvalue weighted by molar-refractivity contribution is 0.309. The van der Waals surface area contributed by atoms with Gasteiger partial charge in [-0.25, -0.2) is 0 Å². The maximum atomic E-state index is 2.33. The summed E-state index contributed by atoms with van der Waals surface area (Å²) in [6.07, 6.45) is 10.0. The lowest BCUT2D eigenvalue weighted by Gasteiger charge is -2.32. The molecule has 0 fully saturated rings. The third-order valence-corrected chi connectivity index (χ3v) is 3.71. The van der Waals surface area contributed by atoms with Gasteiger partial charge in [0, 0.05) is 0 Å². The molecular weight excluding hydrogens is 168 g/mol. The Morgan fingerprint density at radius 1 is 1.21 bits per heavy atom. The fourth-order valence-corrected chi connectivity index (χ4v) is 1.58. The van der Waals surface area contributed by atoms with Crippen LogP contribution in [0.15, 0.2) is 35.5 Å². The molecule has 1 aliphatic carbocycles. The summed E-state index contributed by atoms with van der Waals surface area (Å²) in [6, 6.07) is 0. The lowest BCUT2D eigenvalue weighted by atomic mass is 9.73. The van der Waals surface area contributed by atoms with Gasteiger partial charge >= 0.3 is 0 Å². The van der Waals surface area contributed by atoms with E-state index in [0.717, 1.165) is 6.42 Å². The largest absolute Gasteiger partial charge is 0.0801 e. The summed E-state index contributed by atoms with van der Waals surface area (Å²) in [7, 11) is 0. The van der Waals surface area contributed by atoms with Crippen molar-refractivity contribution in [3.63, 3.8) is 0 Å². The Bertz CT molecular complexity index is 271. The summed E-state index contributed by atoms with van der Waals surface area (Å²) in [5.74, 6) is 0.679. The van der Waals surface area contributed by atoms with E-state index >= 15 is 0 Å². The Kier molecular flexibility index (Phi) is 3.36. The molecule has 0 heteroatoms. The molecular formula is C14H22. The molecule has 0 saturated carbocycles. The summed E-state index contributed by atoms with van der Waals surface area (Å²) in [5.41, 5.74) is 3.19. The van der Waals surface area contributed by atoms with Crippen molar-refractivity contribution in [3.05, 3.63) is 35.5 Å². The zero-order valence-electron chi connectivity index (χ0n) is 10.1. The average molecular weight is 190 g/mol. The third kappa shape index (κ3) is 2.17. The number of hydrogen-bond acceptors (Lipinski definition) is 0. The van der Waals surface area contributed by atoms with Crippen LogP contribution in [0.2, 0.25) is 0 Å². The van der Waals surface area contributed by atoms with Crippen LogP contribution in [0, 0.1) is 11.3 Å². The van der Waals surface area contributed by atoms with E-state index in [1.54, 1.807) is 0 Å². The Labute approximate surface area is 88.4 Å². The van der Waals surface area contributed by atoms with Gasteiger partial charge in [-0.1, -0.05) is 57.6 Å². The highest BCUT2D eigenvalue weighted by atomic mass is 14.3. The summed E-state index contributed by atoms with van der Waals surface area (Å²) in [4.78, 5) is 0. The van der Waals surface area contributed by atoms with Gasteiger partial charge < -0.3 is 0 Å². The summed E-state index contributed by atoms with van der Waals surface area (Å²) in [5, 5.41) is 0. The van der Waals surface area contributed by atoms with E-state index in [4.69, 9.17) is 0 Å². The van der Waals surface area contributed by atoms with Crippen molar-refractivity contribution in [1.82, 2.24) is 0 Å². The second-order valence-corrected chi connectivity index (χ2v) is 5.00. The molecule has 0 nitrogen and oxygen atoms in total. The van der Waals surface area contributed by atoms with E-state index in [0.29, 0.717) is 11.3 Å². The first-order valence-corrected chi connectivity index (χ1v) is 5.50. The first kappa shape index (κ1) is 11.3. The molecule has 14 heavy (non-hydrogen) atoms. The van der Waals surface area contributed by atoms with Crippen molar-refractivity contribution in [2.24, 2.45) is 11.3 Å². The summed E-state index contributed by atoms with van der Waals surface area (Å²) >= 11 is 0. The van der Waals surface area contributed by atoms with E-state index in [2.05, 4.69) is 58.9 Å². The van der Waals surface area contributed by atoms with Gasteiger partial charge in [0.25, 0.3) is 0 Å². The minimum atomic E-state index is 0.293. The molecule has 0 aromatic rings. The van der Waals surface area contributed by atoms with Crippen molar-refractivity contribution in [1.29, 1.82) is 0 Å². The minimum Gasteiger partial charge on any atom is -0.0801 e. The standard InChI is InChI=1S/C14H22/c1-11(2)14(4,5)12(3)13-9-7-6-8-10-13/h7-11H,6H2,1-5H3. The molecule has 0 N–H and O–H groups in total. The van der Waals surface area contributed by atoms with Crippen molar-refractivity contribution in [2.75, 3.05) is 0 Å². The molecule has 0 bridgehead atoms. The molecule has 78 valence electrons. The number of allylic oxidation sites excluding steroid dienone is 6. The average Bonchev–Trinajstić information content (AvgIpc) is 2.17. The topological polar surface area (TPSA) is 0 Å². The Morgan fingerprint density at radius 3 is 2.14 bits per heavy atom. The lowest BCUT2D eigenvalue weighted by Crippen LogP contribution is -2.21. The molecule has 0 aromatic heterocycles. The van der Waals surface area contributed by atoms with Gasteiger partial charge in [0.15, 0.2) is 0 Å². The van der Waals surface area contributed by atoms with Gasteiger partial charge in [-0.2, -0.15) is 0 Å². The van der Waals surface area contributed by atoms with E-state index in [-0.39, 0.29) is 0 Å². The number of rotatable bonds is 2. The SMILES string of the molecule is CC(=C1C=CCC=C1)C(C)(C)C(C)C. The zero-order chi connectivity index (χ0) is 10.8. The van der Waals surface area contributed by atoms with Crippen LogP contribution in [-0.2, 0) is 0 Å². The van der Waals surface area contributed by atoms with Gasteiger partial charge in [0.05, 0.1) is 0 Å². The van der Waals surface area contributed by atoms with Gasteiger partial charge in [0.2, 0.25) is 0 Å². The Morgan fingerprint density at radius 2 is 1.71 bits per heavy atom. The monoisotopic (exact) mass is 190 g/mol. The Balaban J connectivity index is 3.02. The minimum absolute atomic E-state index is 0.293. The maximum absolute atomic E-state index is 2.33. The predicted octanol–water partition coefficient (Wildman–Crippen LogP) is 4.50. The molecule has 1 rings (SSSR count). The second-order valence-electron chi connectivity index (χ2n) is 5.00. The molecule has 0 aromatic carbocycles. The second kappa shape index (κ2) is 4.16. The molecule has 0 heterocycles. The fourth-order valence-electron chi connectivity index (χ4n) is 1.58. The zero-order valence-corrected chi connectivity index (χ0v) is 10.1. The molecule has 0 spiro atoms. The van der Waals surface area contributed by atoms with Crippen molar-refractivity contribution >= 4 is 0 Å². The van der Waals surface area contributed by atoms with Crippen LogP contribution < -0.4 is 0 Å². The molecule has 0 radical (unpaired) electrons. The Hall–Kier alpha value is -0.780. The highest BCUT2D eigenvalue weighted by Crippen LogP contribution is 2.37. The van der Waals surface area contributed by atoms with Crippen molar-refractivity contribution in [3.8, 4) is 0 Å². The smallest absolute Gasteiger partial charge is 0.0115 e. The van der Waals surface area contributed by atoms with Gasteiger partial charge in [-0.15, -0.1) is 0 Å². The van der Waals surface area contributed by atoms with Crippen LogP contribution in [0.4, 0.5) is 0 Å². The molecule has 0 aliphatic heterocycles. The van der Waals surface area contributed by atoms with Crippen LogP contribution >= 0.6 is 0 Å². The van der Waals surface area contributed by atoms with E-state index in [9.17, 15) is 0 Å². The van der Waals surface area contributed by atoms with Crippen molar-refractivity contribution < 1.29 is 0 Å². The highest BCUT2D eigenvalue weighted by Gasteiger charge is 2.25. The fraction of sp³-hybridized carbons (Fsp3) is 0.571. The van der Waals surface area contributed by atoms with E-state index in [1.165, 1.54) is 11.1 Å². The van der Waals surface area contributed by atoms with Gasteiger partial charge in [-0.05, 0) is 30.3 Å². The first-order valence-electron chi connectivity index (χ1n) is 5.50. The van der Waals surface area contributed by atoms with Gasteiger partial charge in [0.1, 0.15) is 0 Å². The summed E-state index contributed by atoms with van der Waals surface area (Å²) in [6.45, 7) is 11.5. The van der Waals surface area contributed by atoms with Crippen LogP contribution in [0.5, 0.6) is 0 Å². The van der Waals surface area contributed by atoms with E-state index < -0.39 is 0 Å². The van der Waals surface area contributed by atoms with Crippen molar-refractivity contribution in [2.45, 2.75) is 41.0 Å². The molecule has 0 saturated heterocycles. The summed E-state index contributed by atoms with van der Waals surface area (Å²) < 4.78 is 0. The maximum Gasteiger partial charge on any atom is -0.0115 e. The highest BCUT2D eigenvalue weighted by molar-refractivity contribution is 5.40. The molecule has 0 amide bonds. The third-order valence-electron chi connectivity index (χ3n) is 3.71. The molecule has 0 atom stereocenters. The van der Waals surface area contributed by atoms with Gasteiger partial charge in [-0.3, -0.25) is 0 Å². The first-order chi connectivity index (χ1) is 6.46. The van der Waals surface area contributed by atoms with Crippen LogP contribution in [0.25, 0.3) is 0 Å². The molecule has 0 unspecified atom stereocenters. The van der Waals surface area contributed by atoms with Crippen LogP contribution in [0.1, 0.15) is 41.0 Å². The number of hydrogen-bond donors (Lipinski definition) is 0. The molecule has 1 aliphatic rings.